The Morgan fingerprint density at radius 1 is 1.23 bits per heavy atom. The van der Waals surface area contributed by atoms with E-state index in [9.17, 15) is 4.79 Å². The molecule has 0 aliphatic carbocycles. The molecule has 0 unspecified atom stereocenters. The Morgan fingerprint density at radius 3 is 2.73 bits per heavy atom. The van der Waals surface area contributed by atoms with Crippen LogP contribution in [0.2, 0.25) is 0 Å². The number of rotatable bonds is 6. The number of aromatic amines is 1. The lowest BCUT2D eigenvalue weighted by Crippen LogP contribution is -2.18. The topological polar surface area (TPSA) is 92.8 Å². The van der Waals surface area contributed by atoms with Gasteiger partial charge in [0.25, 0.3) is 5.56 Å². The predicted molar refractivity (Wildman–Crippen MR) is 102 cm³/mol. The highest BCUT2D eigenvalue weighted by molar-refractivity contribution is 5.87. The molecule has 0 atom stereocenters. The van der Waals surface area contributed by atoms with Gasteiger partial charge in [-0.3, -0.25) is 15.1 Å². The van der Waals surface area contributed by atoms with Gasteiger partial charge in [-0.15, -0.1) is 6.58 Å². The molecular weight excluding hydrogens is 330 g/mol. The zero-order valence-electron chi connectivity index (χ0n) is 15.1. The van der Waals surface area contributed by atoms with E-state index >= 15 is 0 Å². The van der Waals surface area contributed by atoms with Crippen LogP contribution in [0.4, 0.5) is 11.9 Å². The lowest BCUT2D eigenvalue weighted by Gasteiger charge is -2.11. The first-order valence-corrected chi connectivity index (χ1v) is 8.41. The number of H-pyrrole nitrogens is 1. The molecule has 2 heterocycles. The molecule has 0 aliphatic rings. The molecule has 2 N–H and O–H groups in total. The fourth-order valence-corrected chi connectivity index (χ4v) is 2.77. The Hall–Kier alpha value is -3.22. The molecule has 0 spiro atoms. The van der Waals surface area contributed by atoms with Gasteiger partial charge in [-0.1, -0.05) is 18.2 Å². The van der Waals surface area contributed by atoms with E-state index in [1.54, 1.807) is 13.0 Å². The first-order chi connectivity index (χ1) is 12.5. The van der Waals surface area contributed by atoms with E-state index < -0.39 is 0 Å². The van der Waals surface area contributed by atoms with Crippen molar-refractivity contribution >= 4 is 22.8 Å². The van der Waals surface area contributed by atoms with Crippen molar-refractivity contribution in [1.82, 2.24) is 19.9 Å². The largest absolute Gasteiger partial charge is 0.492 e. The molecule has 3 rings (SSSR count). The minimum absolute atomic E-state index is 0.201. The lowest BCUT2D eigenvalue weighted by molar-refractivity contribution is 0.343. The summed E-state index contributed by atoms with van der Waals surface area (Å²) < 4.78 is 5.66. The molecule has 0 saturated carbocycles. The van der Waals surface area contributed by atoms with Gasteiger partial charge in [0.2, 0.25) is 11.9 Å². The fourth-order valence-electron chi connectivity index (χ4n) is 2.77. The SMILES string of the molecule is C=CCc1c(C)nc(Nc2nc(C)c3cccc(OCC)c3n2)[nH]c1=O. The van der Waals surface area contributed by atoms with E-state index in [0.29, 0.717) is 47.4 Å². The maximum Gasteiger partial charge on any atom is 0.256 e. The third-order valence-corrected chi connectivity index (χ3v) is 3.98. The second kappa shape index (κ2) is 7.35. The van der Waals surface area contributed by atoms with E-state index in [2.05, 4.69) is 31.8 Å². The second-order valence-electron chi connectivity index (χ2n) is 5.81. The molecule has 7 nitrogen and oxygen atoms in total. The van der Waals surface area contributed by atoms with E-state index in [0.717, 1.165) is 11.1 Å². The molecule has 2 aromatic heterocycles. The summed E-state index contributed by atoms with van der Waals surface area (Å²) in [6, 6.07) is 5.74. The average Bonchev–Trinajstić information content (AvgIpc) is 2.59. The molecule has 134 valence electrons. The van der Waals surface area contributed by atoms with E-state index in [1.807, 2.05) is 32.0 Å². The molecular formula is C19H21N5O2. The average molecular weight is 351 g/mol. The van der Waals surface area contributed by atoms with Crippen LogP contribution < -0.4 is 15.6 Å². The first-order valence-electron chi connectivity index (χ1n) is 8.41. The summed E-state index contributed by atoms with van der Waals surface area (Å²) >= 11 is 0. The molecule has 1 aromatic carbocycles. The maximum absolute atomic E-state index is 12.2. The van der Waals surface area contributed by atoms with E-state index in [4.69, 9.17) is 4.74 Å². The number of nitrogens with one attached hydrogen (secondary N) is 2. The summed E-state index contributed by atoms with van der Waals surface area (Å²) in [6.45, 7) is 9.83. The normalized spacial score (nSPS) is 10.7. The number of aryl methyl sites for hydroxylation is 2. The summed E-state index contributed by atoms with van der Waals surface area (Å²) in [5, 5.41) is 3.90. The van der Waals surface area contributed by atoms with Crippen LogP contribution in [0.1, 0.15) is 23.9 Å². The Kier molecular flexibility index (Phi) is 4.97. The summed E-state index contributed by atoms with van der Waals surface area (Å²) in [4.78, 5) is 28.3. The van der Waals surface area contributed by atoms with Gasteiger partial charge in [0.1, 0.15) is 11.3 Å². The van der Waals surface area contributed by atoms with Gasteiger partial charge in [-0.25, -0.2) is 15.0 Å². The van der Waals surface area contributed by atoms with Gasteiger partial charge < -0.3 is 4.74 Å². The van der Waals surface area contributed by atoms with Crippen LogP contribution >= 0.6 is 0 Å². The van der Waals surface area contributed by atoms with Crippen molar-refractivity contribution < 1.29 is 4.74 Å². The van der Waals surface area contributed by atoms with Crippen LogP contribution in [0, 0.1) is 13.8 Å². The lowest BCUT2D eigenvalue weighted by atomic mass is 10.2. The Bertz CT molecular complexity index is 1030. The molecule has 3 aromatic rings. The van der Waals surface area contributed by atoms with Gasteiger partial charge in [0.15, 0.2) is 0 Å². The number of anilines is 2. The molecule has 7 heteroatoms. The van der Waals surface area contributed by atoms with Crippen LogP contribution in [0.25, 0.3) is 10.9 Å². The molecule has 0 aliphatic heterocycles. The smallest absolute Gasteiger partial charge is 0.256 e. The minimum Gasteiger partial charge on any atom is -0.492 e. The molecule has 0 bridgehead atoms. The minimum atomic E-state index is -0.201. The molecule has 0 amide bonds. The van der Waals surface area contributed by atoms with Crippen molar-refractivity contribution in [2.24, 2.45) is 0 Å². The summed E-state index contributed by atoms with van der Waals surface area (Å²) in [7, 11) is 0. The highest BCUT2D eigenvalue weighted by Gasteiger charge is 2.12. The zero-order chi connectivity index (χ0) is 18.7. The van der Waals surface area contributed by atoms with Crippen molar-refractivity contribution in [3.63, 3.8) is 0 Å². The summed E-state index contributed by atoms with van der Waals surface area (Å²) in [5.74, 6) is 1.34. The second-order valence-corrected chi connectivity index (χ2v) is 5.81. The van der Waals surface area contributed by atoms with Gasteiger partial charge >= 0.3 is 0 Å². The first kappa shape index (κ1) is 17.6. The maximum atomic E-state index is 12.2. The number of allylic oxidation sites excluding steroid dienone is 1. The van der Waals surface area contributed by atoms with Crippen LogP contribution in [-0.4, -0.2) is 26.5 Å². The van der Waals surface area contributed by atoms with Crippen molar-refractivity contribution in [1.29, 1.82) is 0 Å². The molecule has 26 heavy (non-hydrogen) atoms. The predicted octanol–water partition coefficient (Wildman–Crippen LogP) is 3.20. The van der Waals surface area contributed by atoms with Crippen molar-refractivity contribution in [2.45, 2.75) is 27.2 Å². The molecule has 0 fully saturated rings. The number of aromatic nitrogens is 4. The highest BCUT2D eigenvalue weighted by Crippen LogP contribution is 2.27. The van der Waals surface area contributed by atoms with Gasteiger partial charge in [-0.2, -0.15) is 0 Å². The number of para-hydroxylation sites is 1. The van der Waals surface area contributed by atoms with Gasteiger partial charge in [0, 0.05) is 10.9 Å². The van der Waals surface area contributed by atoms with Gasteiger partial charge in [0.05, 0.1) is 18.0 Å². The van der Waals surface area contributed by atoms with Crippen LogP contribution in [0.5, 0.6) is 5.75 Å². The zero-order valence-corrected chi connectivity index (χ0v) is 15.1. The van der Waals surface area contributed by atoms with E-state index in [1.165, 1.54) is 0 Å². The fraction of sp³-hybridized carbons (Fsp3) is 0.263. The van der Waals surface area contributed by atoms with Gasteiger partial charge in [-0.05, 0) is 33.3 Å². The third kappa shape index (κ3) is 3.42. The quantitative estimate of drug-likeness (QED) is 0.663. The van der Waals surface area contributed by atoms with Crippen LogP contribution in [0.15, 0.2) is 35.6 Å². The van der Waals surface area contributed by atoms with Crippen LogP contribution in [0.3, 0.4) is 0 Å². The van der Waals surface area contributed by atoms with E-state index in [-0.39, 0.29) is 5.56 Å². The summed E-state index contributed by atoms with van der Waals surface area (Å²) in [5.41, 5.74) is 2.56. The van der Waals surface area contributed by atoms with Crippen molar-refractivity contribution in [3.05, 3.63) is 58.2 Å². The number of hydrogen-bond acceptors (Lipinski definition) is 6. The van der Waals surface area contributed by atoms with Crippen molar-refractivity contribution in [2.75, 3.05) is 11.9 Å². The number of nitrogens with zero attached hydrogens (tertiary/aromatic N) is 3. The highest BCUT2D eigenvalue weighted by atomic mass is 16.5. The molecule has 0 radical (unpaired) electrons. The Morgan fingerprint density at radius 2 is 2.04 bits per heavy atom. The third-order valence-electron chi connectivity index (χ3n) is 3.98. The number of benzene rings is 1. The molecule has 0 saturated heterocycles. The Labute approximate surface area is 151 Å². The standard InChI is InChI=1S/C19H21N5O2/c1-5-8-14-12(4)21-19(23-17(14)25)24-18-20-11(3)13-9-7-10-15(26-6-2)16(13)22-18/h5,7,9-10H,1,6,8H2,2-4H3,(H2,20,21,22,23,24,25). The van der Waals surface area contributed by atoms with Crippen LogP contribution in [-0.2, 0) is 6.42 Å². The number of ether oxygens (including phenoxy) is 1. The monoisotopic (exact) mass is 351 g/mol. The Balaban J connectivity index is 2.03. The number of fused-ring (bicyclic) bond motifs is 1. The van der Waals surface area contributed by atoms with Crippen molar-refractivity contribution in [3.8, 4) is 5.75 Å². The summed E-state index contributed by atoms with van der Waals surface area (Å²) in [6.07, 6.45) is 2.15. The number of hydrogen-bond donors (Lipinski definition) is 2.